The first kappa shape index (κ1) is 12.0. The Kier molecular flexibility index (Phi) is 3.30. The lowest BCUT2D eigenvalue weighted by molar-refractivity contribution is 0.101. The Hall–Kier alpha value is -0.485. The summed E-state index contributed by atoms with van der Waals surface area (Å²) in [6, 6.07) is 6.13. The Labute approximate surface area is 101 Å². The van der Waals surface area contributed by atoms with Gasteiger partial charge in [0.25, 0.3) is 0 Å². The van der Waals surface area contributed by atoms with Gasteiger partial charge in [-0.3, -0.25) is 4.72 Å². The third kappa shape index (κ3) is 2.13. The molecule has 0 saturated heterocycles. The highest BCUT2D eigenvalue weighted by Gasteiger charge is 2.40. The van der Waals surface area contributed by atoms with Gasteiger partial charge in [0.05, 0.1) is 5.60 Å². The van der Waals surface area contributed by atoms with Gasteiger partial charge in [-0.25, -0.2) is 0 Å². The van der Waals surface area contributed by atoms with Crippen molar-refractivity contribution in [1.29, 1.82) is 0 Å². The summed E-state index contributed by atoms with van der Waals surface area (Å²) >= 11 is 1.59. The van der Waals surface area contributed by atoms with Crippen molar-refractivity contribution in [2.75, 3.05) is 6.26 Å². The molecular formula is C11H16BNO2S. The van der Waals surface area contributed by atoms with Crippen LogP contribution in [0.25, 0.3) is 0 Å². The predicted molar refractivity (Wildman–Crippen MR) is 68.5 cm³/mol. The van der Waals surface area contributed by atoms with Crippen LogP contribution in [0.4, 0.5) is 0 Å². The molecule has 1 aromatic carbocycles. The molecule has 1 aliphatic heterocycles. The maximum Gasteiger partial charge on any atom is 0.492 e. The second kappa shape index (κ2) is 4.41. The quantitative estimate of drug-likeness (QED) is 0.608. The van der Waals surface area contributed by atoms with Gasteiger partial charge < -0.3 is 9.68 Å². The zero-order valence-electron chi connectivity index (χ0n) is 9.78. The summed E-state index contributed by atoms with van der Waals surface area (Å²) in [4.78, 5) is 0. The normalized spacial score (nSPS) is 17.6. The second-order valence-corrected chi connectivity index (χ2v) is 5.12. The van der Waals surface area contributed by atoms with E-state index in [0.29, 0.717) is 0 Å². The Morgan fingerprint density at radius 1 is 1.50 bits per heavy atom. The molecule has 0 atom stereocenters. The van der Waals surface area contributed by atoms with E-state index in [4.69, 9.17) is 4.65 Å². The molecule has 2 N–H and O–H groups in total. The first-order valence-corrected chi connectivity index (χ1v) is 6.52. The molecule has 0 aliphatic carbocycles. The highest BCUT2D eigenvalue weighted by Crippen LogP contribution is 2.29. The van der Waals surface area contributed by atoms with Crippen LogP contribution in [-0.4, -0.2) is 18.4 Å². The fourth-order valence-electron chi connectivity index (χ4n) is 2.04. The van der Waals surface area contributed by atoms with Crippen LogP contribution in [0.3, 0.4) is 0 Å². The van der Waals surface area contributed by atoms with Crippen LogP contribution in [0.2, 0.25) is 0 Å². The van der Waals surface area contributed by atoms with Crippen LogP contribution in [0.1, 0.15) is 25.0 Å². The van der Waals surface area contributed by atoms with Crippen molar-refractivity contribution in [3.8, 4) is 0 Å². The first-order valence-electron chi connectivity index (χ1n) is 5.29. The molecule has 86 valence electrons. The van der Waals surface area contributed by atoms with Crippen LogP contribution < -0.4 is 10.2 Å². The molecule has 0 spiro atoms. The first-order chi connectivity index (χ1) is 7.54. The number of hydrogen-bond donors (Lipinski definition) is 2. The number of fused-ring (bicyclic) bond motifs is 1. The largest absolute Gasteiger partial charge is 0.492 e. The van der Waals surface area contributed by atoms with Crippen molar-refractivity contribution in [2.24, 2.45) is 0 Å². The molecule has 2 rings (SSSR count). The minimum atomic E-state index is -0.792. The van der Waals surface area contributed by atoms with Gasteiger partial charge in [0, 0.05) is 6.54 Å². The van der Waals surface area contributed by atoms with E-state index in [2.05, 4.69) is 10.8 Å². The molecule has 1 aromatic rings. The van der Waals surface area contributed by atoms with Gasteiger partial charge in [0.1, 0.15) is 0 Å². The van der Waals surface area contributed by atoms with Crippen molar-refractivity contribution in [1.82, 2.24) is 4.72 Å². The fraction of sp³-hybridized carbons (Fsp3) is 0.455. The second-order valence-electron chi connectivity index (χ2n) is 4.43. The zero-order valence-corrected chi connectivity index (χ0v) is 10.6. The van der Waals surface area contributed by atoms with Gasteiger partial charge >= 0.3 is 7.12 Å². The van der Waals surface area contributed by atoms with Gasteiger partial charge in [-0.15, -0.1) is 0 Å². The standard InChI is InChI=1S/C11H16BNO2S/c1-11(2)9-5-4-8(7-13-16-3)6-10(9)12(14)15-11/h4-6,13-14H,7H2,1-3H3. The summed E-state index contributed by atoms with van der Waals surface area (Å²) in [5.41, 5.74) is 2.74. The van der Waals surface area contributed by atoms with Gasteiger partial charge in [0.2, 0.25) is 0 Å². The van der Waals surface area contributed by atoms with Crippen molar-refractivity contribution < 1.29 is 9.68 Å². The fourth-order valence-corrected chi connectivity index (χ4v) is 2.35. The Morgan fingerprint density at radius 2 is 2.25 bits per heavy atom. The van der Waals surface area contributed by atoms with Crippen molar-refractivity contribution in [3.05, 3.63) is 29.3 Å². The average molecular weight is 237 g/mol. The average Bonchev–Trinajstić information content (AvgIpc) is 2.46. The lowest BCUT2D eigenvalue weighted by Crippen LogP contribution is -2.29. The van der Waals surface area contributed by atoms with Gasteiger partial charge in [-0.05, 0) is 36.7 Å². The Balaban J connectivity index is 2.29. The van der Waals surface area contributed by atoms with Crippen molar-refractivity contribution in [2.45, 2.75) is 26.0 Å². The van der Waals surface area contributed by atoms with Crippen molar-refractivity contribution >= 4 is 24.5 Å². The van der Waals surface area contributed by atoms with Crippen LogP contribution in [0.5, 0.6) is 0 Å². The molecular weight excluding hydrogens is 221 g/mol. The lowest BCUT2D eigenvalue weighted by atomic mass is 9.77. The van der Waals surface area contributed by atoms with Crippen LogP contribution >= 0.6 is 11.9 Å². The maximum atomic E-state index is 9.82. The molecule has 0 amide bonds. The monoisotopic (exact) mass is 237 g/mol. The third-order valence-electron chi connectivity index (χ3n) is 2.86. The van der Waals surface area contributed by atoms with E-state index in [1.54, 1.807) is 11.9 Å². The maximum absolute atomic E-state index is 9.82. The Morgan fingerprint density at radius 3 is 2.94 bits per heavy atom. The Bertz CT molecular complexity index is 398. The zero-order chi connectivity index (χ0) is 11.8. The molecule has 1 heterocycles. The van der Waals surface area contributed by atoms with Crippen LogP contribution in [0, 0.1) is 0 Å². The highest BCUT2D eigenvalue weighted by molar-refractivity contribution is 7.96. The summed E-state index contributed by atoms with van der Waals surface area (Å²) in [7, 11) is -0.792. The topological polar surface area (TPSA) is 41.5 Å². The molecule has 0 bridgehead atoms. The number of hydrogen-bond acceptors (Lipinski definition) is 4. The van der Waals surface area contributed by atoms with Gasteiger partial charge in [-0.2, -0.15) is 0 Å². The molecule has 0 saturated carbocycles. The predicted octanol–water partition coefficient (Wildman–Crippen LogP) is 1.01. The molecule has 3 nitrogen and oxygen atoms in total. The number of rotatable bonds is 3. The van der Waals surface area contributed by atoms with E-state index in [1.807, 2.05) is 32.2 Å². The van der Waals surface area contributed by atoms with E-state index < -0.39 is 7.12 Å². The van der Waals surface area contributed by atoms with E-state index >= 15 is 0 Å². The van der Waals surface area contributed by atoms with Gasteiger partial charge in [-0.1, -0.05) is 30.1 Å². The van der Waals surface area contributed by atoms with Crippen molar-refractivity contribution in [3.63, 3.8) is 0 Å². The smallest absolute Gasteiger partial charge is 0.423 e. The molecule has 5 heteroatoms. The third-order valence-corrected chi connectivity index (χ3v) is 3.29. The SMILES string of the molecule is CSNCc1ccc2c(c1)B(O)OC2(C)C. The summed E-state index contributed by atoms with van der Waals surface area (Å²) in [5.74, 6) is 0. The van der Waals surface area contributed by atoms with E-state index in [0.717, 1.165) is 23.1 Å². The minimum absolute atomic E-state index is 0.389. The molecule has 0 radical (unpaired) electrons. The lowest BCUT2D eigenvalue weighted by Gasteiger charge is -2.19. The molecule has 0 fully saturated rings. The molecule has 0 unspecified atom stereocenters. The van der Waals surface area contributed by atoms with E-state index in [-0.39, 0.29) is 5.60 Å². The molecule has 0 aromatic heterocycles. The molecule has 1 aliphatic rings. The van der Waals surface area contributed by atoms with Gasteiger partial charge in [0.15, 0.2) is 0 Å². The molecule has 16 heavy (non-hydrogen) atoms. The number of benzene rings is 1. The van der Waals surface area contributed by atoms with Crippen LogP contribution in [-0.2, 0) is 16.8 Å². The number of nitrogens with one attached hydrogen (secondary N) is 1. The minimum Gasteiger partial charge on any atom is -0.423 e. The summed E-state index contributed by atoms with van der Waals surface area (Å²) in [6.07, 6.45) is 1.99. The summed E-state index contributed by atoms with van der Waals surface area (Å²) < 4.78 is 8.69. The highest BCUT2D eigenvalue weighted by atomic mass is 32.2. The summed E-state index contributed by atoms with van der Waals surface area (Å²) in [5, 5.41) is 9.82. The summed E-state index contributed by atoms with van der Waals surface area (Å²) in [6.45, 7) is 4.74. The van der Waals surface area contributed by atoms with E-state index in [9.17, 15) is 5.02 Å². The van der Waals surface area contributed by atoms with E-state index in [1.165, 1.54) is 0 Å². The van der Waals surface area contributed by atoms with Crippen LogP contribution in [0.15, 0.2) is 18.2 Å².